The Labute approximate surface area is 212 Å². The van der Waals surface area contributed by atoms with E-state index < -0.39 is 29.8 Å². The Hall–Kier alpha value is -3.92. The number of carbonyl (C=O) groups is 3. The van der Waals surface area contributed by atoms with Crippen LogP contribution in [0.3, 0.4) is 0 Å². The highest BCUT2D eigenvalue weighted by Gasteiger charge is 2.30. The third-order valence-corrected chi connectivity index (χ3v) is 6.44. The number of nitrogens with one attached hydrogen (secondary N) is 2. The van der Waals surface area contributed by atoms with Crippen molar-refractivity contribution in [3.05, 3.63) is 70.7 Å². The molecule has 0 aliphatic heterocycles. The monoisotopic (exact) mass is 509 g/mol. The summed E-state index contributed by atoms with van der Waals surface area (Å²) in [6.07, 6.45) is -0.0456. The van der Waals surface area contributed by atoms with Crippen LogP contribution >= 0.6 is 11.3 Å². The van der Waals surface area contributed by atoms with Crippen molar-refractivity contribution in [2.24, 2.45) is 0 Å². The molecule has 0 unspecified atom stereocenters. The van der Waals surface area contributed by atoms with E-state index in [1.54, 1.807) is 20.8 Å². The van der Waals surface area contributed by atoms with E-state index in [4.69, 9.17) is 9.47 Å². The maximum atomic E-state index is 12.5. The highest BCUT2D eigenvalue weighted by atomic mass is 32.1. The molecule has 3 aromatic rings. The van der Waals surface area contributed by atoms with Crippen molar-refractivity contribution >= 4 is 34.6 Å². The van der Waals surface area contributed by atoms with Gasteiger partial charge in [0.1, 0.15) is 18.2 Å². The van der Waals surface area contributed by atoms with Crippen LogP contribution in [0.15, 0.2) is 54.7 Å². The van der Waals surface area contributed by atoms with Gasteiger partial charge in [-0.3, -0.25) is 5.32 Å². The molecule has 1 aliphatic rings. The summed E-state index contributed by atoms with van der Waals surface area (Å²) in [7, 11) is 0. The van der Waals surface area contributed by atoms with Crippen LogP contribution in [0, 0.1) is 0 Å². The predicted octanol–water partition coefficient (Wildman–Crippen LogP) is 5.02. The average molecular weight is 510 g/mol. The van der Waals surface area contributed by atoms with Crippen LogP contribution in [0.1, 0.15) is 42.7 Å². The average Bonchev–Trinajstić information content (AvgIpc) is 3.37. The summed E-state index contributed by atoms with van der Waals surface area (Å²) in [5.41, 5.74) is 3.68. The van der Waals surface area contributed by atoms with E-state index in [0.717, 1.165) is 33.6 Å². The first kappa shape index (κ1) is 25.2. The summed E-state index contributed by atoms with van der Waals surface area (Å²) < 4.78 is 10.6. The number of rotatable bonds is 7. The van der Waals surface area contributed by atoms with E-state index in [1.807, 2.05) is 48.5 Å². The molecule has 1 aromatic heterocycles. The lowest BCUT2D eigenvalue weighted by Gasteiger charge is -2.18. The van der Waals surface area contributed by atoms with E-state index in [9.17, 15) is 19.5 Å². The van der Waals surface area contributed by atoms with Crippen LogP contribution in [-0.4, -0.2) is 46.5 Å². The molecule has 9 nitrogen and oxygen atoms in total. The first-order valence-corrected chi connectivity index (χ1v) is 12.2. The number of carbonyl (C=O) groups excluding carboxylic acids is 2. The summed E-state index contributed by atoms with van der Waals surface area (Å²) >= 11 is 1.10. The Morgan fingerprint density at radius 2 is 1.64 bits per heavy atom. The molecular weight excluding hydrogens is 482 g/mol. The molecule has 0 fully saturated rings. The number of anilines is 1. The summed E-state index contributed by atoms with van der Waals surface area (Å²) in [5, 5.41) is 14.8. The SMILES string of the molecule is CC(C)(C)OC(=O)Nc1ncc(C[C@H](NC(=O)OCC2c3ccccc3-c3ccccc32)C(=O)O)s1. The van der Waals surface area contributed by atoms with Crippen molar-refractivity contribution in [1.82, 2.24) is 10.3 Å². The van der Waals surface area contributed by atoms with Crippen LogP contribution < -0.4 is 10.6 Å². The van der Waals surface area contributed by atoms with Crippen molar-refractivity contribution in [3.8, 4) is 11.1 Å². The minimum absolute atomic E-state index is 0.0206. The first-order valence-electron chi connectivity index (χ1n) is 11.4. The van der Waals surface area contributed by atoms with Crippen molar-refractivity contribution < 1.29 is 29.0 Å². The molecule has 0 spiro atoms. The molecule has 0 bridgehead atoms. The molecule has 3 N–H and O–H groups in total. The largest absolute Gasteiger partial charge is 0.480 e. The van der Waals surface area contributed by atoms with E-state index in [-0.39, 0.29) is 24.1 Å². The first-order chi connectivity index (χ1) is 17.1. The number of thiazole rings is 1. The highest BCUT2D eigenvalue weighted by Crippen LogP contribution is 2.44. The molecule has 0 saturated carbocycles. The third kappa shape index (κ3) is 6.01. The van der Waals surface area contributed by atoms with Crippen molar-refractivity contribution in [1.29, 1.82) is 0 Å². The predicted molar refractivity (Wildman–Crippen MR) is 135 cm³/mol. The number of fused-ring (bicyclic) bond motifs is 3. The zero-order valence-corrected chi connectivity index (χ0v) is 20.9. The van der Waals surface area contributed by atoms with Gasteiger partial charge in [-0.25, -0.2) is 19.4 Å². The van der Waals surface area contributed by atoms with Crippen LogP contribution in [0.5, 0.6) is 0 Å². The van der Waals surface area contributed by atoms with Crippen LogP contribution in [0.25, 0.3) is 11.1 Å². The number of ether oxygens (including phenoxy) is 2. The smallest absolute Gasteiger partial charge is 0.413 e. The van der Waals surface area contributed by atoms with Crippen LogP contribution in [0.4, 0.5) is 14.7 Å². The fraction of sp³-hybridized carbons (Fsp3) is 0.308. The highest BCUT2D eigenvalue weighted by molar-refractivity contribution is 7.15. The summed E-state index contributed by atoms with van der Waals surface area (Å²) in [4.78, 5) is 40.9. The van der Waals surface area contributed by atoms with Gasteiger partial charge in [-0.2, -0.15) is 0 Å². The van der Waals surface area contributed by atoms with E-state index >= 15 is 0 Å². The Morgan fingerprint density at radius 1 is 1.03 bits per heavy atom. The van der Waals surface area contributed by atoms with Gasteiger partial charge in [0, 0.05) is 23.4 Å². The van der Waals surface area contributed by atoms with Crippen molar-refractivity contribution in [3.63, 3.8) is 0 Å². The van der Waals surface area contributed by atoms with Gasteiger partial charge in [-0.1, -0.05) is 48.5 Å². The molecule has 36 heavy (non-hydrogen) atoms. The second kappa shape index (κ2) is 10.4. The number of carboxylic acids is 1. The number of hydrogen-bond donors (Lipinski definition) is 3. The molecule has 0 radical (unpaired) electrons. The minimum Gasteiger partial charge on any atom is -0.480 e. The zero-order valence-electron chi connectivity index (χ0n) is 20.1. The lowest BCUT2D eigenvalue weighted by Crippen LogP contribution is -2.42. The topological polar surface area (TPSA) is 127 Å². The van der Waals surface area contributed by atoms with Crippen LogP contribution in [-0.2, 0) is 20.7 Å². The number of nitrogens with zero attached hydrogens (tertiary/aromatic N) is 1. The fourth-order valence-electron chi connectivity index (χ4n) is 4.03. The van der Waals surface area contributed by atoms with Gasteiger partial charge in [0.2, 0.25) is 0 Å². The second-order valence-corrected chi connectivity index (χ2v) is 10.4. The summed E-state index contributed by atoms with van der Waals surface area (Å²) in [5.74, 6) is -1.34. The molecule has 1 atom stereocenters. The quantitative estimate of drug-likeness (QED) is 0.408. The molecule has 2 aromatic carbocycles. The lowest BCUT2D eigenvalue weighted by molar-refractivity contribution is -0.139. The Bertz CT molecular complexity index is 1240. The summed E-state index contributed by atoms with van der Waals surface area (Å²) in [6.45, 7) is 5.31. The molecule has 10 heteroatoms. The number of carboxylic acid groups (broad SMARTS) is 1. The minimum atomic E-state index is -1.23. The van der Waals surface area contributed by atoms with Gasteiger partial charge < -0.3 is 19.9 Å². The number of aliphatic carboxylic acids is 1. The van der Waals surface area contributed by atoms with Gasteiger partial charge in [-0.05, 0) is 43.0 Å². The van der Waals surface area contributed by atoms with Gasteiger partial charge in [0.25, 0.3) is 0 Å². The molecule has 1 heterocycles. The standard InChI is InChI=1S/C26H27N3O6S/c1-26(2,3)35-25(33)29-23-27-13-15(36-23)12-21(22(30)31)28-24(32)34-14-20-18-10-6-4-8-16(18)17-9-5-7-11-19(17)20/h4-11,13,20-21H,12,14H2,1-3H3,(H,28,32)(H,30,31)(H,27,29,33)/t21-/m0/s1. The van der Waals surface area contributed by atoms with E-state index in [1.165, 1.54) is 6.20 Å². The lowest BCUT2D eigenvalue weighted by atomic mass is 9.98. The van der Waals surface area contributed by atoms with Gasteiger partial charge in [0.05, 0.1) is 0 Å². The van der Waals surface area contributed by atoms with Crippen molar-refractivity contribution in [2.75, 3.05) is 11.9 Å². The Balaban J connectivity index is 1.35. The molecule has 4 rings (SSSR count). The molecule has 1 aliphatic carbocycles. The second-order valence-electron chi connectivity index (χ2n) is 9.32. The van der Waals surface area contributed by atoms with E-state index in [2.05, 4.69) is 15.6 Å². The Morgan fingerprint density at radius 3 is 2.22 bits per heavy atom. The molecular formula is C26H27N3O6S. The van der Waals surface area contributed by atoms with Gasteiger partial charge >= 0.3 is 18.2 Å². The number of aromatic nitrogens is 1. The fourth-order valence-corrected chi connectivity index (χ4v) is 4.88. The number of amides is 2. The molecule has 0 saturated heterocycles. The van der Waals surface area contributed by atoms with Crippen LogP contribution in [0.2, 0.25) is 0 Å². The zero-order chi connectivity index (χ0) is 25.9. The number of benzene rings is 2. The third-order valence-electron chi connectivity index (χ3n) is 5.50. The molecule has 2 amide bonds. The normalized spacial score (nSPS) is 13.3. The maximum Gasteiger partial charge on any atom is 0.413 e. The van der Waals surface area contributed by atoms with Gasteiger partial charge in [0.15, 0.2) is 5.13 Å². The number of hydrogen-bond acceptors (Lipinski definition) is 7. The molecule has 188 valence electrons. The van der Waals surface area contributed by atoms with Gasteiger partial charge in [-0.15, -0.1) is 11.3 Å². The summed E-state index contributed by atoms with van der Waals surface area (Å²) in [6, 6.07) is 14.7. The Kier molecular flexibility index (Phi) is 7.25. The maximum absolute atomic E-state index is 12.5. The van der Waals surface area contributed by atoms with E-state index in [0.29, 0.717) is 4.88 Å². The number of alkyl carbamates (subject to hydrolysis) is 1. The van der Waals surface area contributed by atoms with Crippen molar-refractivity contribution in [2.45, 2.75) is 44.8 Å².